The van der Waals surface area contributed by atoms with Crippen molar-refractivity contribution in [2.45, 2.75) is 44.8 Å². The molecule has 0 saturated carbocycles. The highest BCUT2D eigenvalue weighted by Gasteiger charge is 2.33. The molecule has 3 nitrogen and oxygen atoms in total. The Kier molecular flexibility index (Phi) is 3.15. The van der Waals surface area contributed by atoms with Gasteiger partial charge in [-0.15, -0.1) is 0 Å². The Bertz CT molecular complexity index is 576. The number of aryl methyl sites for hydroxylation is 2. The second-order valence-electron chi connectivity index (χ2n) is 5.48. The summed E-state index contributed by atoms with van der Waals surface area (Å²) in [6, 6.07) is 8.43. The molecule has 0 aliphatic heterocycles. The number of aliphatic hydroxyl groups is 1. The van der Waals surface area contributed by atoms with E-state index in [4.69, 9.17) is 0 Å². The van der Waals surface area contributed by atoms with E-state index in [0.717, 1.165) is 31.6 Å². The topological polar surface area (TPSA) is 38.0 Å². The van der Waals surface area contributed by atoms with E-state index < -0.39 is 5.60 Å². The van der Waals surface area contributed by atoms with E-state index in [9.17, 15) is 5.11 Å². The SMILES string of the molecule is CCn1ccnc1CC1(O)CCc2ccccc2C1. The third kappa shape index (κ3) is 2.43. The predicted molar refractivity (Wildman–Crippen MR) is 75.0 cm³/mol. The highest BCUT2D eigenvalue weighted by Crippen LogP contribution is 2.31. The van der Waals surface area contributed by atoms with Crippen molar-refractivity contribution in [3.63, 3.8) is 0 Å². The summed E-state index contributed by atoms with van der Waals surface area (Å²) in [5.74, 6) is 0.990. The molecule has 1 atom stereocenters. The Hall–Kier alpha value is -1.61. The third-order valence-corrected chi connectivity index (χ3v) is 4.13. The number of hydrogen-bond donors (Lipinski definition) is 1. The smallest absolute Gasteiger partial charge is 0.111 e. The van der Waals surface area contributed by atoms with Gasteiger partial charge < -0.3 is 9.67 Å². The van der Waals surface area contributed by atoms with E-state index in [1.165, 1.54) is 11.1 Å². The minimum atomic E-state index is -0.646. The fraction of sp³-hybridized carbons (Fsp3) is 0.438. The lowest BCUT2D eigenvalue weighted by molar-refractivity contribution is 0.0241. The molecule has 0 amide bonds. The van der Waals surface area contributed by atoms with E-state index in [2.05, 4.69) is 40.7 Å². The fourth-order valence-corrected chi connectivity index (χ4v) is 3.02. The maximum atomic E-state index is 10.9. The molecule has 2 aromatic rings. The first-order chi connectivity index (χ1) is 9.20. The molecule has 3 heteroatoms. The largest absolute Gasteiger partial charge is 0.389 e. The molecule has 0 fully saturated rings. The van der Waals surface area contributed by atoms with Gasteiger partial charge in [0.25, 0.3) is 0 Å². The van der Waals surface area contributed by atoms with Crippen LogP contribution in [0, 0.1) is 0 Å². The quantitative estimate of drug-likeness (QED) is 0.915. The van der Waals surface area contributed by atoms with E-state index >= 15 is 0 Å². The maximum absolute atomic E-state index is 10.9. The van der Waals surface area contributed by atoms with Crippen molar-refractivity contribution in [3.05, 3.63) is 53.6 Å². The number of benzene rings is 1. The molecule has 19 heavy (non-hydrogen) atoms. The molecule has 1 aromatic heterocycles. The van der Waals surface area contributed by atoms with Gasteiger partial charge >= 0.3 is 0 Å². The van der Waals surface area contributed by atoms with E-state index in [-0.39, 0.29) is 0 Å². The van der Waals surface area contributed by atoms with Gasteiger partial charge in [0.1, 0.15) is 5.82 Å². The van der Waals surface area contributed by atoms with Gasteiger partial charge in [-0.2, -0.15) is 0 Å². The van der Waals surface area contributed by atoms with Crippen molar-refractivity contribution in [2.75, 3.05) is 0 Å². The molecule has 1 N–H and O–H groups in total. The summed E-state index contributed by atoms with van der Waals surface area (Å²) in [7, 11) is 0. The van der Waals surface area contributed by atoms with E-state index in [0.29, 0.717) is 6.42 Å². The van der Waals surface area contributed by atoms with Crippen LogP contribution in [-0.4, -0.2) is 20.3 Å². The summed E-state index contributed by atoms with van der Waals surface area (Å²) in [6.07, 6.45) is 6.95. The summed E-state index contributed by atoms with van der Waals surface area (Å²) in [5.41, 5.74) is 2.02. The van der Waals surface area contributed by atoms with Crippen molar-refractivity contribution in [1.82, 2.24) is 9.55 Å². The summed E-state index contributed by atoms with van der Waals surface area (Å²) in [6.45, 7) is 3.01. The molecule has 0 bridgehead atoms. The van der Waals surface area contributed by atoms with Crippen LogP contribution in [0.25, 0.3) is 0 Å². The molecule has 1 aliphatic rings. The van der Waals surface area contributed by atoms with Gasteiger partial charge in [0.15, 0.2) is 0 Å². The number of fused-ring (bicyclic) bond motifs is 1. The minimum Gasteiger partial charge on any atom is -0.389 e. The Morgan fingerprint density at radius 2 is 2.11 bits per heavy atom. The van der Waals surface area contributed by atoms with Crippen LogP contribution in [-0.2, 0) is 25.8 Å². The van der Waals surface area contributed by atoms with Crippen LogP contribution in [0.2, 0.25) is 0 Å². The van der Waals surface area contributed by atoms with E-state index in [1.807, 2.05) is 12.4 Å². The second kappa shape index (κ2) is 4.82. The number of rotatable bonds is 3. The highest BCUT2D eigenvalue weighted by molar-refractivity contribution is 5.31. The number of hydrogen-bond acceptors (Lipinski definition) is 2. The first-order valence-electron chi connectivity index (χ1n) is 6.99. The van der Waals surface area contributed by atoms with Crippen molar-refractivity contribution in [2.24, 2.45) is 0 Å². The first kappa shape index (κ1) is 12.4. The molecule has 0 spiro atoms. The summed E-state index contributed by atoms with van der Waals surface area (Å²) < 4.78 is 2.11. The van der Waals surface area contributed by atoms with Gasteiger partial charge in [-0.3, -0.25) is 0 Å². The lowest BCUT2D eigenvalue weighted by Crippen LogP contribution is -2.38. The van der Waals surface area contributed by atoms with Gasteiger partial charge in [0, 0.05) is 31.8 Å². The predicted octanol–water partition coefficient (Wildman–Crippen LogP) is 2.37. The normalized spacial score (nSPS) is 22.2. The zero-order chi connectivity index (χ0) is 13.3. The lowest BCUT2D eigenvalue weighted by atomic mass is 9.78. The van der Waals surface area contributed by atoms with Gasteiger partial charge in [-0.1, -0.05) is 24.3 Å². The number of nitrogens with zero attached hydrogens (tertiary/aromatic N) is 2. The Morgan fingerprint density at radius 3 is 2.89 bits per heavy atom. The molecule has 100 valence electrons. The lowest BCUT2D eigenvalue weighted by Gasteiger charge is -2.33. The van der Waals surface area contributed by atoms with Crippen molar-refractivity contribution in [3.8, 4) is 0 Å². The molecule has 1 unspecified atom stereocenters. The maximum Gasteiger partial charge on any atom is 0.111 e. The molecule has 1 aliphatic carbocycles. The standard InChI is InChI=1S/C16H20N2O/c1-2-18-10-9-17-15(18)12-16(19)8-7-13-5-3-4-6-14(13)11-16/h3-6,9-10,19H,2,7-8,11-12H2,1H3. The number of imidazole rings is 1. The molecule has 3 rings (SSSR count). The van der Waals surface area contributed by atoms with Gasteiger partial charge in [-0.25, -0.2) is 4.98 Å². The van der Waals surface area contributed by atoms with Crippen LogP contribution in [0.5, 0.6) is 0 Å². The zero-order valence-corrected chi connectivity index (χ0v) is 11.3. The first-order valence-corrected chi connectivity index (χ1v) is 6.99. The Morgan fingerprint density at radius 1 is 1.32 bits per heavy atom. The van der Waals surface area contributed by atoms with Gasteiger partial charge in [-0.05, 0) is 30.9 Å². The van der Waals surface area contributed by atoms with Crippen molar-refractivity contribution < 1.29 is 5.11 Å². The van der Waals surface area contributed by atoms with Crippen LogP contribution in [0.15, 0.2) is 36.7 Å². The Labute approximate surface area is 113 Å². The minimum absolute atomic E-state index is 0.641. The molecular formula is C16H20N2O. The third-order valence-electron chi connectivity index (χ3n) is 4.13. The van der Waals surface area contributed by atoms with Crippen LogP contribution >= 0.6 is 0 Å². The highest BCUT2D eigenvalue weighted by atomic mass is 16.3. The second-order valence-corrected chi connectivity index (χ2v) is 5.48. The molecule has 1 heterocycles. The molecular weight excluding hydrogens is 236 g/mol. The molecule has 1 aromatic carbocycles. The fourth-order valence-electron chi connectivity index (χ4n) is 3.02. The van der Waals surface area contributed by atoms with Crippen LogP contribution in [0.1, 0.15) is 30.3 Å². The Balaban J connectivity index is 1.82. The summed E-state index contributed by atoms with van der Waals surface area (Å²) in [5, 5.41) is 10.9. The van der Waals surface area contributed by atoms with Crippen LogP contribution in [0.3, 0.4) is 0 Å². The average Bonchev–Trinajstić information content (AvgIpc) is 2.85. The van der Waals surface area contributed by atoms with E-state index in [1.54, 1.807) is 0 Å². The van der Waals surface area contributed by atoms with Crippen molar-refractivity contribution in [1.29, 1.82) is 0 Å². The summed E-state index contributed by atoms with van der Waals surface area (Å²) in [4.78, 5) is 4.39. The molecule has 0 saturated heterocycles. The molecule has 0 radical (unpaired) electrons. The van der Waals surface area contributed by atoms with Crippen LogP contribution in [0.4, 0.5) is 0 Å². The van der Waals surface area contributed by atoms with Gasteiger partial charge in [0.2, 0.25) is 0 Å². The zero-order valence-electron chi connectivity index (χ0n) is 11.3. The van der Waals surface area contributed by atoms with Crippen molar-refractivity contribution >= 4 is 0 Å². The van der Waals surface area contributed by atoms with Crippen LogP contribution < -0.4 is 0 Å². The average molecular weight is 256 g/mol. The monoisotopic (exact) mass is 256 g/mol. The number of aromatic nitrogens is 2. The summed E-state index contributed by atoms with van der Waals surface area (Å²) >= 11 is 0. The van der Waals surface area contributed by atoms with Gasteiger partial charge in [0.05, 0.1) is 5.60 Å².